The second kappa shape index (κ2) is 5.83. The minimum absolute atomic E-state index is 0.0126. The van der Waals surface area contributed by atoms with Crippen molar-refractivity contribution in [2.75, 3.05) is 13.1 Å². The van der Waals surface area contributed by atoms with Crippen LogP contribution < -0.4 is 5.32 Å². The molecular formula is C12H12F3N3O. The highest BCUT2D eigenvalue weighted by atomic mass is 19.2. The average Bonchev–Trinajstić information content (AvgIpc) is 2.84. The van der Waals surface area contributed by atoms with Crippen LogP contribution >= 0.6 is 0 Å². The van der Waals surface area contributed by atoms with E-state index in [4.69, 9.17) is 4.42 Å². The Morgan fingerprint density at radius 1 is 1.16 bits per heavy atom. The fraction of sp³-hybridized carbons (Fsp3) is 0.333. The molecule has 0 radical (unpaired) electrons. The summed E-state index contributed by atoms with van der Waals surface area (Å²) in [7, 11) is 0. The van der Waals surface area contributed by atoms with Gasteiger partial charge in [-0.1, -0.05) is 6.92 Å². The molecule has 7 heteroatoms. The SMILES string of the molecule is CCNCCc1nnc(-c2cc(F)c(F)c(F)c2)o1. The third kappa shape index (κ3) is 3.11. The van der Waals surface area contributed by atoms with Crippen molar-refractivity contribution in [1.29, 1.82) is 0 Å². The van der Waals surface area contributed by atoms with Crippen molar-refractivity contribution in [3.63, 3.8) is 0 Å². The molecule has 4 nitrogen and oxygen atoms in total. The van der Waals surface area contributed by atoms with Gasteiger partial charge in [0.05, 0.1) is 0 Å². The first-order valence-electron chi connectivity index (χ1n) is 5.79. The zero-order valence-corrected chi connectivity index (χ0v) is 10.2. The van der Waals surface area contributed by atoms with E-state index in [1.165, 1.54) is 0 Å². The summed E-state index contributed by atoms with van der Waals surface area (Å²) in [5.74, 6) is -3.79. The van der Waals surface area contributed by atoms with E-state index >= 15 is 0 Å². The van der Waals surface area contributed by atoms with E-state index in [2.05, 4.69) is 15.5 Å². The van der Waals surface area contributed by atoms with E-state index in [1.807, 2.05) is 6.92 Å². The van der Waals surface area contributed by atoms with Gasteiger partial charge >= 0.3 is 0 Å². The van der Waals surface area contributed by atoms with Crippen LogP contribution in [0.15, 0.2) is 16.5 Å². The summed E-state index contributed by atoms with van der Waals surface area (Å²) in [6.45, 7) is 3.43. The second-order valence-corrected chi connectivity index (χ2v) is 3.86. The zero-order valence-electron chi connectivity index (χ0n) is 10.2. The van der Waals surface area contributed by atoms with Gasteiger partial charge < -0.3 is 9.73 Å². The summed E-state index contributed by atoms with van der Waals surface area (Å²) in [5.41, 5.74) is 0.0126. The summed E-state index contributed by atoms with van der Waals surface area (Å²) in [6.07, 6.45) is 0.507. The Labute approximate surface area is 107 Å². The Balaban J connectivity index is 2.18. The maximum Gasteiger partial charge on any atom is 0.247 e. The molecule has 0 amide bonds. The second-order valence-electron chi connectivity index (χ2n) is 3.86. The Morgan fingerprint density at radius 2 is 1.84 bits per heavy atom. The molecule has 1 aromatic heterocycles. The highest BCUT2D eigenvalue weighted by Crippen LogP contribution is 2.22. The van der Waals surface area contributed by atoms with Crippen LogP contribution in [0.2, 0.25) is 0 Å². The summed E-state index contributed by atoms with van der Waals surface area (Å²) < 4.78 is 44.2. The topological polar surface area (TPSA) is 51.0 Å². The van der Waals surface area contributed by atoms with Crippen molar-refractivity contribution in [1.82, 2.24) is 15.5 Å². The van der Waals surface area contributed by atoms with Crippen molar-refractivity contribution < 1.29 is 17.6 Å². The number of likely N-dealkylation sites (N-methyl/N-ethyl adjacent to an activating group) is 1. The zero-order chi connectivity index (χ0) is 13.8. The van der Waals surface area contributed by atoms with Crippen molar-refractivity contribution in [2.24, 2.45) is 0 Å². The van der Waals surface area contributed by atoms with Gasteiger partial charge in [0.2, 0.25) is 11.8 Å². The molecule has 0 saturated carbocycles. The van der Waals surface area contributed by atoms with E-state index in [1.54, 1.807) is 0 Å². The van der Waals surface area contributed by atoms with Crippen LogP contribution in [-0.4, -0.2) is 23.3 Å². The van der Waals surface area contributed by atoms with Crippen LogP contribution in [0, 0.1) is 17.5 Å². The molecule has 0 aliphatic rings. The summed E-state index contributed by atoms with van der Waals surface area (Å²) in [5, 5.41) is 10.5. The molecular weight excluding hydrogens is 259 g/mol. The van der Waals surface area contributed by atoms with E-state index < -0.39 is 17.5 Å². The van der Waals surface area contributed by atoms with Crippen molar-refractivity contribution in [3.05, 3.63) is 35.5 Å². The highest BCUT2D eigenvalue weighted by molar-refractivity contribution is 5.52. The van der Waals surface area contributed by atoms with Crippen LogP contribution in [0.3, 0.4) is 0 Å². The number of hydrogen-bond acceptors (Lipinski definition) is 4. The highest BCUT2D eigenvalue weighted by Gasteiger charge is 2.15. The Kier molecular flexibility index (Phi) is 4.16. The first-order chi connectivity index (χ1) is 9.11. The molecule has 0 saturated heterocycles. The molecule has 0 atom stereocenters. The van der Waals surface area contributed by atoms with Crippen molar-refractivity contribution >= 4 is 0 Å². The normalized spacial score (nSPS) is 10.9. The van der Waals surface area contributed by atoms with Gasteiger partial charge in [0, 0.05) is 18.5 Å². The monoisotopic (exact) mass is 271 g/mol. The predicted octanol–water partition coefficient (Wildman–Crippen LogP) is 2.31. The van der Waals surface area contributed by atoms with Gasteiger partial charge in [0.25, 0.3) is 0 Å². The molecule has 0 fully saturated rings. The predicted molar refractivity (Wildman–Crippen MR) is 61.9 cm³/mol. The molecule has 1 N–H and O–H groups in total. The number of benzene rings is 1. The lowest BCUT2D eigenvalue weighted by molar-refractivity contribution is 0.446. The fourth-order valence-corrected chi connectivity index (χ4v) is 1.52. The maximum atomic E-state index is 13.1. The van der Waals surface area contributed by atoms with Gasteiger partial charge in [0.15, 0.2) is 17.5 Å². The first kappa shape index (κ1) is 13.5. The van der Waals surface area contributed by atoms with Gasteiger partial charge in [-0.05, 0) is 18.7 Å². The molecule has 1 heterocycles. The van der Waals surface area contributed by atoms with Crippen LogP contribution in [0.25, 0.3) is 11.5 Å². The standard InChI is InChI=1S/C12H12F3N3O/c1-2-16-4-3-10-17-18-12(19-10)7-5-8(13)11(15)9(14)6-7/h5-6,16H,2-4H2,1H3. The minimum Gasteiger partial charge on any atom is -0.421 e. The quantitative estimate of drug-likeness (QED) is 0.669. The molecule has 0 bridgehead atoms. The lowest BCUT2D eigenvalue weighted by Crippen LogP contribution is -2.16. The minimum atomic E-state index is -1.52. The summed E-state index contributed by atoms with van der Waals surface area (Å²) >= 11 is 0. The average molecular weight is 271 g/mol. The van der Waals surface area contributed by atoms with Gasteiger partial charge in [0.1, 0.15) is 0 Å². The molecule has 102 valence electrons. The number of hydrogen-bond donors (Lipinski definition) is 1. The van der Waals surface area contributed by atoms with Crippen LogP contribution in [-0.2, 0) is 6.42 Å². The number of nitrogens with one attached hydrogen (secondary N) is 1. The molecule has 19 heavy (non-hydrogen) atoms. The third-order valence-corrected chi connectivity index (χ3v) is 2.46. The van der Waals surface area contributed by atoms with E-state index in [-0.39, 0.29) is 11.5 Å². The molecule has 2 aromatic rings. The molecule has 0 spiro atoms. The Hall–Kier alpha value is -1.89. The third-order valence-electron chi connectivity index (χ3n) is 2.46. The molecule has 2 rings (SSSR count). The van der Waals surface area contributed by atoms with E-state index in [9.17, 15) is 13.2 Å². The van der Waals surface area contributed by atoms with Gasteiger partial charge in [-0.25, -0.2) is 13.2 Å². The van der Waals surface area contributed by atoms with Crippen molar-refractivity contribution in [3.8, 4) is 11.5 Å². The molecule has 0 unspecified atom stereocenters. The number of aromatic nitrogens is 2. The Bertz CT molecular complexity index is 548. The largest absolute Gasteiger partial charge is 0.421 e. The number of nitrogens with zero attached hydrogens (tertiary/aromatic N) is 2. The molecule has 0 aliphatic heterocycles. The fourth-order valence-electron chi connectivity index (χ4n) is 1.52. The van der Waals surface area contributed by atoms with E-state index in [0.717, 1.165) is 18.7 Å². The van der Waals surface area contributed by atoms with Gasteiger partial charge in [-0.15, -0.1) is 10.2 Å². The number of rotatable bonds is 5. The molecule has 0 aliphatic carbocycles. The summed E-state index contributed by atoms with van der Waals surface area (Å²) in [4.78, 5) is 0. The van der Waals surface area contributed by atoms with Crippen LogP contribution in [0.4, 0.5) is 13.2 Å². The van der Waals surface area contributed by atoms with Gasteiger partial charge in [-0.3, -0.25) is 0 Å². The van der Waals surface area contributed by atoms with Crippen molar-refractivity contribution in [2.45, 2.75) is 13.3 Å². The van der Waals surface area contributed by atoms with Crippen LogP contribution in [0.5, 0.6) is 0 Å². The Morgan fingerprint density at radius 3 is 2.47 bits per heavy atom. The number of halogens is 3. The summed E-state index contributed by atoms with van der Waals surface area (Å²) in [6, 6.07) is 1.64. The maximum absolute atomic E-state index is 13.1. The van der Waals surface area contributed by atoms with Gasteiger partial charge in [-0.2, -0.15) is 0 Å². The van der Waals surface area contributed by atoms with E-state index in [0.29, 0.717) is 18.9 Å². The lowest BCUT2D eigenvalue weighted by Gasteiger charge is -1.99. The van der Waals surface area contributed by atoms with Crippen LogP contribution in [0.1, 0.15) is 12.8 Å². The first-order valence-corrected chi connectivity index (χ1v) is 5.79. The lowest BCUT2D eigenvalue weighted by atomic mass is 10.2. The smallest absolute Gasteiger partial charge is 0.247 e. The molecule has 1 aromatic carbocycles.